The Morgan fingerprint density at radius 2 is 2.27 bits per heavy atom. The van der Waals surface area contributed by atoms with E-state index in [0.717, 1.165) is 13.0 Å². The number of hydrogen-bond acceptors (Lipinski definition) is 4. The van der Waals surface area contributed by atoms with E-state index in [-0.39, 0.29) is 25.0 Å². The highest BCUT2D eigenvalue weighted by Gasteiger charge is 2.12. The minimum atomic E-state index is -0.275. The van der Waals surface area contributed by atoms with Crippen molar-refractivity contribution in [3.05, 3.63) is 0 Å². The van der Waals surface area contributed by atoms with E-state index in [1.165, 1.54) is 26.4 Å². The molecule has 1 fully saturated rings. The summed E-state index contributed by atoms with van der Waals surface area (Å²) in [5.41, 5.74) is 0. The van der Waals surface area contributed by atoms with Crippen LogP contribution in [0, 0.1) is 0 Å². The number of halogens is 1. The summed E-state index contributed by atoms with van der Waals surface area (Å²) < 4.78 is 9.64. The molecule has 0 spiro atoms. The molecule has 0 saturated carbocycles. The average molecular weight is 238 g/mol. The number of ether oxygens (including phenoxy) is 2. The summed E-state index contributed by atoms with van der Waals surface area (Å²) >= 11 is 0. The van der Waals surface area contributed by atoms with Crippen molar-refractivity contribution in [1.82, 2.24) is 5.32 Å². The number of esters is 1. The SMILES string of the molecule is COCC(=O)OCCC1CCCCN1.Cl. The van der Waals surface area contributed by atoms with Gasteiger partial charge in [0.25, 0.3) is 0 Å². The zero-order valence-electron chi connectivity index (χ0n) is 9.16. The van der Waals surface area contributed by atoms with Crippen LogP contribution in [0.1, 0.15) is 25.7 Å². The van der Waals surface area contributed by atoms with Crippen LogP contribution in [0.4, 0.5) is 0 Å². The second-order valence-corrected chi connectivity index (χ2v) is 3.59. The zero-order chi connectivity index (χ0) is 10.2. The first-order valence-corrected chi connectivity index (χ1v) is 5.21. The normalized spacial score (nSPS) is 20.5. The van der Waals surface area contributed by atoms with E-state index >= 15 is 0 Å². The maximum absolute atomic E-state index is 10.9. The van der Waals surface area contributed by atoms with Gasteiger partial charge >= 0.3 is 5.97 Å². The molecule has 0 amide bonds. The molecule has 1 atom stereocenters. The minimum absolute atomic E-state index is 0. The van der Waals surface area contributed by atoms with Crippen molar-refractivity contribution in [2.24, 2.45) is 0 Å². The molecule has 0 aliphatic carbocycles. The van der Waals surface area contributed by atoms with Gasteiger partial charge in [-0.05, 0) is 25.8 Å². The predicted octanol–water partition coefficient (Wildman–Crippen LogP) is 1.13. The molecule has 5 heteroatoms. The molecule has 90 valence electrons. The summed E-state index contributed by atoms with van der Waals surface area (Å²) in [6.07, 6.45) is 4.65. The van der Waals surface area contributed by atoms with E-state index in [9.17, 15) is 4.79 Å². The van der Waals surface area contributed by atoms with Gasteiger partial charge in [0.05, 0.1) is 6.61 Å². The summed E-state index contributed by atoms with van der Waals surface area (Å²) in [6, 6.07) is 0.527. The highest BCUT2D eigenvalue weighted by Crippen LogP contribution is 2.09. The average Bonchev–Trinajstić information content (AvgIpc) is 2.20. The van der Waals surface area contributed by atoms with Gasteiger partial charge in [0.15, 0.2) is 0 Å². The minimum Gasteiger partial charge on any atom is -0.464 e. The second kappa shape index (κ2) is 8.95. The van der Waals surface area contributed by atoms with E-state index in [1.807, 2.05) is 0 Å². The molecule has 15 heavy (non-hydrogen) atoms. The molecule has 1 saturated heterocycles. The lowest BCUT2D eigenvalue weighted by atomic mass is 10.0. The Hall–Kier alpha value is -0.320. The van der Waals surface area contributed by atoms with E-state index in [1.54, 1.807) is 0 Å². The fraction of sp³-hybridized carbons (Fsp3) is 0.900. The molecule has 1 unspecified atom stereocenters. The van der Waals surface area contributed by atoms with Gasteiger partial charge in [-0.2, -0.15) is 0 Å². The lowest BCUT2D eigenvalue weighted by Crippen LogP contribution is -2.35. The quantitative estimate of drug-likeness (QED) is 0.729. The Kier molecular flexibility index (Phi) is 8.76. The van der Waals surface area contributed by atoms with Gasteiger partial charge < -0.3 is 14.8 Å². The van der Waals surface area contributed by atoms with E-state index in [2.05, 4.69) is 10.1 Å². The molecule has 1 N–H and O–H groups in total. The van der Waals surface area contributed by atoms with Crippen molar-refractivity contribution >= 4 is 18.4 Å². The third-order valence-corrected chi connectivity index (χ3v) is 2.40. The lowest BCUT2D eigenvalue weighted by molar-refractivity contribution is -0.148. The predicted molar refractivity (Wildman–Crippen MR) is 60.3 cm³/mol. The van der Waals surface area contributed by atoms with Crippen LogP contribution in [0.2, 0.25) is 0 Å². The summed E-state index contributed by atoms with van der Waals surface area (Å²) in [5, 5.41) is 3.40. The number of rotatable bonds is 5. The first-order chi connectivity index (χ1) is 6.83. The molecule has 0 aromatic heterocycles. The molecule has 1 rings (SSSR count). The van der Waals surface area contributed by atoms with Crippen molar-refractivity contribution in [3.8, 4) is 0 Å². The molecule has 0 bridgehead atoms. The highest BCUT2D eigenvalue weighted by atomic mass is 35.5. The van der Waals surface area contributed by atoms with Gasteiger partial charge in [0.2, 0.25) is 0 Å². The van der Waals surface area contributed by atoms with Crippen molar-refractivity contribution in [1.29, 1.82) is 0 Å². The van der Waals surface area contributed by atoms with Crippen molar-refractivity contribution < 1.29 is 14.3 Å². The topological polar surface area (TPSA) is 47.6 Å². The molecule has 0 aromatic carbocycles. The van der Waals surface area contributed by atoms with Crippen LogP contribution in [-0.2, 0) is 14.3 Å². The number of carbonyl (C=O) groups is 1. The smallest absolute Gasteiger partial charge is 0.332 e. The van der Waals surface area contributed by atoms with E-state index < -0.39 is 0 Å². The molecular weight excluding hydrogens is 218 g/mol. The van der Waals surface area contributed by atoms with Crippen LogP contribution in [0.25, 0.3) is 0 Å². The van der Waals surface area contributed by atoms with Crippen LogP contribution >= 0.6 is 12.4 Å². The first kappa shape index (κ1) is 14.7. The Balaban J connectivity index is 0.00000196. The Morgan fingerprint density at radius 1 is 1.47 bits per heavy atom. The fourth-order valence-corrected chi connectivity index (χ4v) is 1.64. The maximum Gasteiger partial charge on any atom is 0.332 e. The van der Waals surface area contributed by atoms with Gasteiger partial charge in [0.1, 0.15) is 6.61 Å². The Morgan fingerprint density at radius 3 is 2.87 bits per heavy atom. The summed E-state index contributed by atoms with van der Waals surface area (Å²) in [6.45, 7) is 1.65. The summed E-state index contributed by atoms with van der Waals surface area (Å²) in [4.78, 5) is 10.9. The van der Waals surface area contributed by atoms with E-state index in [0.29, 0.717) is 12.6 Å². The molecule has 1 aliphatic heterocycles. The summed E-state index contributed by atoms with van der Waals surface area (Å²) in [7, 11) is 1.49. The number of hydrogen-bond donors (Lipinski definition) is 1. The highest BCUT2D eigenvalue weighted by molar-refractivity contribution is 5.85. The number of methoxy groups -OCH3 is 1. The molecule has 1 aliphatic rings. The number of piperidine rings is 1. The lowest BCUT2D eigenvalue weighted by Gasteiger charge is -2.22. The van der Waals surface area contributed by atoms with Crippen LogP contribution in [-0.4, -0.2) is 38.9 Å². The van der Waals surface area contributed by atoms with Crippen molar-refractivity contribution in [2.75, 3.05) is 26.9 Å². The fourth-order valence-electron chi connectivity index (χ4n) is 1.64. The first-order valence-electron chi connectivity index (χ1n) is 5.21. The van der Waals surface area contributed by atoms with Crippen LogP contribution < -0.4 is 5.32 Å². The largest absolute Gasteiger partial charge is 0.464 e. The molecule has 4 nitrogen and oxygen atoms in total. The third-order valence-electron chi connectivity index (χ3n) is 2.40. The van der Waals surface area contributed by atoms with Gasteiger partial charge in [-0.1, -0.05) is 6.42 Å². The van der Waals surface area contributed by atoms with Crippen LogP contribution in [0.5, 0.6) is 0 Å². The standard InChI is InChI=1S/C10H19NO3.ClH/c1-13-8-10(12)14-7-5-9-4-2-3-6-11-9;/h9,11H,2-8H2,1H3;1H. The monoisotopic (exact) mass is 237 g/mol. The van der Waals surface area contributed by atoms with Gasteiger partial charge in [-0.25, -0.2) is 4.79 Å². The molecule has 0 radical (unpaired) electrons. The number of nitrogens with one attached hydrogen (secondary N) is 1. The van der Waals surface area contributed by atoms with Crippen molar-refractivity contribution in [3.63, 3.8) is 0 Å². The molecule has 1 heterocycles. The maximum atomic E-state index is 10.9. The molecular formula is C10H20ClNO3. The van der Waals surface area contributed by atoms with Crippen molar-refractivity contribution in [2.45, 2.75) is 31.7 Å². The molecule has 0 aromatic rings. The Bertz CT molecular complexity index is 172. The van der Waals surface area contributed by atoms with Gasteiger partial charge in [-0.15, -0.1) is 12.4 Å². The van der Waals surface area contributed by atoms with E-state index in [4.69, 9.17) is 4.74 Å². The third kappa shape index (κ3) is 6.71. The van der Waals surface area contributed by atoms with Gasteiger partial charge in [-0.3, -0.25) is 0 Å². The second-order valence-electron chi connectivity index (χ2n) is 3.59. The zero-order valence-corrected chi connectivity index (χ0v) is 9.98. The van der Waals surface area contributed by atoms with Crippen LogP contribution in [0.15, 0.2) is 0 Å². The summed E-state index contributed by atoms with van der Waals surface area (Å²) in [5.74, 6) is -0.275. The van der Waals surface area contributed by atoms with Crippen LogP contribution in [0.3, 0.4) is 0 Å². The van der Waals surface area contributed by atoms with Gasteiger partial charge in [0, 0.05) is 13.2 Å². The Labute approximate surface area is 97.1 Å². The number of carbonyl (C=O) groups excluding carboxylic acids is 1.